The van der Waals surface area contributed by atoms with Crippen molar-refractivity contribution >= 4 is 33.2 Å². The molecule has 1 atom stereocenters. The van der Waals surface area contributed by atoms with Crippen LogP contribution in [0, 0.1) is 13.8 Å². The van der Waals surface area contributed by atoms with E-state index in [1.165, 1.54) is 6.92 Å². The molecule has 3 aromatic rings. The Morgan fingerprint density at radius 1 is 1.03 bits per heavy atom. The molecule has 8 nitrogen and oxygen atoms in total. The van der Waals surface area contributed by atoms with Crippen molar-refractivity contribution in [1.29, 1.82) is 0 Å². The molecular formula is C25H28N4O4S. The van der Waals surface area contributed by atoms with Gasteiger partial charge in [0.05, 0.1) is 23.2 Å². The van der Waals surface area contributed by atoms with Gasteiger partial charge < -0.3 is 10.6 Å². The van der Waals surface area contributed by atoms with E-state index in [-0.39, 0.29) is 23.7 Å². The largest absolute Gasteiger partial charge is 0.348 e. The number of amides is 2. The van der Waals surface area contributed by atoms with E-state index < -0.39 is 22.0 Å². The summed E-state index contributed by atoms with van der Waals surface area (Å²) in [5.74, 6) is -0.933. The first kappa shape index (κ1) is 24.9. The third-order valence-electron chi connectivity index (χ3n) is 5.44. The minimum Gasteiger partial charge on any atom is -0.348 e. The molecule has 2 aromatic carbocycles. The third kappa shape index (κ3) is 5.99. The summed E-state index contributed by atoms with van der Waals surface area (Å²) >= 11 is 0. The fourth-order valence-corrected chi connectivity index (χ4v) is 4.65. The van der Waals surface area contributed by atoms with Crippen LogP contribution in [0.4, 0.5) is 11.4 Å². The molecule has 0 spiro atoms. The maximum atomic E-state index is 13.1. The zero-order chi connectivity index (χ0) is 24.9. The van der Waals surface area contributed by atoms with Gasteiger partial charge in [-0.2, -0.15) is 0 Å². The van der Waals surface area contributed by atoms with Crippen LogP contribution in [0.5, 0.6) is 0 Å². The summed E-state index contributed by atoms with van der Waals surface area (Å²) < 4.78 is 26.3. The number of rotatable bonds is 8. The first-order valence-corrected chi connectivity index (χ1v) is 12.6. The lowest BCUT2D eigenvalue weighted by Gasteiger charge is -2.29. The molecule has 0 aliphatic carbocycles. The van der Waals surface area contributed by atoms with Gasteiger partial charge in [-0.15, -0.1) is 0 Å². The fourth-order valence-electron chi connectivity index (χ4n) is 3.48. The Bertz CT molecular complexity index is 1290. The van der Waals surface area contributed by atoms with E-state index in [2.05, 4.69) is 15.6 Å². The van der Waals surface area contributed by atoms with Crippen LogP contribution in [0.2, 0.25) is 0 Å². The molecule has 3 rings (SSSR count). The van der Waals surface area contributed by atoms with E-state index in [0.717, 1.165) is 27.3 Å². The van der Waals surface area contributed by atoms with E-state index in [9.17, 15) is 18.0 Å². The summed E-state index contributed by atoms with van der Waals surface area (Å²) in [6, 6.07) is 14.4. The van der Waals surface area contributed by atoms with Crippen LogP contribution in [0.25, 0.3) is 0 Å². The highest BCUT2D eigenvalue weighted by Gasteiger charge is 2.30. The molecule has 0 saturated carbocycles. The second-order valence-corrected chi connectivity index (χ2v) is 9.94. The lowest BCUT2D eigenvalue weighted by molar-refractivity contribution is -0.116. The summed E-state index contributed by atoms with van der Waals surface area (Å²) in [6.07, 6.45) is 4.36. The second-order valence-electron chi connectivity index (χ2n) is 8.08. The van der Waals surface area contributed by atoms with Crippen LogP contribution in [-0.4, -0.2) is 37.5 Å². The molecule has 2 amide bonds. The van der Waals surface area contributed by atoms with Crippen molar-refractivity contribution in [3.05, 3.63) is 89.2 Å². The summed E-state index contributed by atoms with van der Waals surface area (Å²) in [6.45, 7) is 5.59. The van der Waals surface area contributed by atoms with Crippen molar-refractivity contribution in [2.24, 2.45) is 0 Å². The van der Waals surface area contributed by atoms with Crippen LogP contribution >= 0.6 is 0 Å². The van der Waals surface area contributed by atoms with Crippen LogP contribution in [0.1, 0.15) is 34.0 Å². The van der Waals surface area contributed by atoms with Gasteiger partial charge in [-0.05, 0) is 67.8 Å². The molecular weight excluding hydrogens is 452 g/mol. The molecule has 178 valence electrons. The van der Waals surface area contributed by atoms with Crippen LogP contribution in [0.15, 0.2) is 67.0 Å². The molecule has 0 saturated heterocycles. The van der Waals surface area contributed by atoms with Crippen LogP contribution in [0.3, 0.4) is 0 Å². The minimum atomic E-state index is -3.76. The van der Waals surface area contributed by atoms with Gasteiger partial charge in [0.1, 0.15) is 6.04 Å². The predicted molar refractivity (Wildman–Crippen MR) is 133 cm³/mol. The zero-order valence-electron chi connectivity index (χ0n) is 19.6. The Hall–Kier alpha value is -3.72. The van der Waals surface area contributed by atoms with Crippen molar-refractivity contribution in [3.63, 3.8) is 0 Å². The van der Waals surface area contributed by atoms with Crippen molar-refractivity contribution in [3.8, 4) is 0 Å². The van der Waals surface area contributed by atoms with E-state index >= 15 is 0 Å². The molecule has 34 heavy (non-hydrogen) atoms. The number of nitrogens with zero attached hydrogens (tertiary/aromatic N) is 2. The number of hydrogen-bond donors (Lipinski definition) is 2. The Balaban J connectivity index is 1.81. The number of pyridine rings is 1. The maximum absolute atomic E-state index is 13.1. The number of sulfonamides is 1. The molecule has 0 unspecified atom stereocenters. The standard InChI is InChI=1S/C25H28N4O4S/c1-17-11-12-21(14-18(17)2)29(34(4,32)33)19(3)24(30)28-23-10-6-5-9-22(23)25(31)27-16-20-8-7-13-26-15-20/h5-15,19H,16H2,1-4H3,(H,27,31)(H,28,30)/t19-/m0/s1. The number of aryl methyl sites for hydroxylation is 2. The first-order chi connectivity index (χ1) is 16.1. The molecule has 0 aliphatic heterocycles. The Kier molecular flexibility index (Phi) is 7.68. The molecule has 0 aliphatic rings. The number of aromatic nitrogens is 1. The Morgan fingerprint density at radius 3 is 2.41 bits per heavy atom. The predicted octanol–water partition coefficient (Wildman–Crippen LogP) is 3.42. The molecule has 0 fully saturated rings. The minimum absolute atomic E-state index is 0.268. The van der Waals surface area contributed by atoms with Gasteiger partial charge in [-0.25, -0.2) is 8.42 Å². The summed E-state index contributed by atoms with van der Waals surface area (Å²) in [5.41, 5.74) is 3.72. The van der Waals surface area contributed by atoms with Gasteiger partial charge in [0.25, 0.3) is 5.91 Å². The Morgan fingerprint density at radius 2 is 1.76 bits per heavy atom. The topological polar surface area (TPSA) is 108 Å². The second kappa shape index (κ2) is 10.5. The van der Waals surface area contributed by atoms with Crippen molar-refractivity contribution in [1.82, 2.24) is 10.3 Å². The highest BCUT2D eigenvalue weighted by molar-refractivity contribution is 7.92. The summed E-state index contributed by atoms with van der Waals surface area (Å²) in [7, 11) is -3.76. The summed E-state index contributed by atoms with van der Waals surface area (Å²) in [4.78, 5) is 29.9. The lowest BCUT2D eigenvalue weighted by Crippen LogP contribution is -2.45. The average molecular weight is 481 g/mol. The van der Waals surface area contributed by atoms with E-state index in [1.54, 1.807) is 54.9 Å². The van der Waals surface area contributed by atoms with Gasteiger partial charge in [0, 0.05) is 18.9 Å². The number of anilines is 2. The van der Waals surface area contributed by atoms with Crippen molar-refractivity contribution in [2.45, 2.75) is 33.4 Å². The van der Waals surface area contributed by atoms with Crippen LogP contribution in [-0.2, 0) is 21.4 Å². The molecule has 1 aromatic heterocycles. The van der Waals surface area contributed by atoms with E-state index in [1.807, 2.05) is 26.0 Å². The van der Waals surface area contributed by atoms with Gasteiger partial charge in [0.2, 0.25) is 15.9 Å². The Labute approximate surface area is 200 Å². The van der Waals surface area contributed by atoms with Crippen LogP contribution < -0.4 is 14.9 Å². The normalized spacial score (nSPS) is 12.0. The highest BCUT2D eigenvalue weighted by Crippen LogP contribution is 2.25. The van der Waals surface area contributed by atoms with E-state index in [4.69, 9.17) is 0 Å². The number of benzene rings is 2. The van der Waals surface area contributed by atoms with Crippen molar-refractivity contribution < 1.29 is 18.0 Å². The smallest absolute Gasteiger partial charge is 0.253 e. The lowest BCUT2D eigenvalue weighted by atomic mass is 10.1. The first-order valence-electron chi connectivity index (χ1n) is 10.7. The zero-order valence-corrected chi connectivity index (χ0v) is 20.4. The molecule has 1 heterocycles. The van der Waals surface area contributed by atoms with Gasteiger partial charge >= 0.3 is 0 Å². The SMILES string of the molecule is Cc1ccc(N([C@@H](C)C(=O)Nc2ccccc2C(=O)NCc2cccnc2)S(C)(=O)=O)cc1C. The quantitative estimate of drug-likeness (QED) is 0.514. The number of para-hydroxylation sites is 1. The fraction of sp³-hybridized carbons (Fsp3) is 0.240. The maximum Gasteiger partial charge on any atom is 0.253 e. The highest BCUT2D eigenvalue weighted by atomic mass is 32.2. The number of nitrogens with one attached hydrogen (secondary N) is 2. The molecule has 2 N–H and O–H groups in total. The van der Waals surface area contributed by atoms with Crippen molar-refractivity contribution in [2.75, 3.05) is 15.9 Å². The molecule has 9 heteroatoms. The number of carbonyl (C=O) groups excluding carboxylic acids is 2. The average Bonchev–Trinajstić information content (AvgIpc) is 2.80. The number of hydrogen-bond acceptors (Lipinski definition) is 5. The number of carbonyl (C=O) groups is 2. The molecule has 0 bridgehead atoms. The van der Waals surface area contributed by atoms with Gasteiger partial charge in [0.15, 0.2) is 0 Å². The molecule has 0 radical (unpaired) electrons. The van der Waals surface area contributed by atoms with E-state index in [0.29, 0.717) is 5.69 Å². The summed E-state index contributed by atoms with van der Waals surface area (Å²) in [5, 5.41) is 5.53. The third-order valence-corrected chi connectivity index (χ3v) is 6.68. The van der Waals surface area contributed by atoms with Gasteiger partial charge in [-0.1, -0.05) is 24.3 Å². The van der Waals surface area contributed by atoms with Gasteiger partial charge in [-0.3, -0.25) is 18.9 Å². The monoisotopic (exact) mass is 480 g/mol.